The van der Waals surface area contributed by atoms with Crippen molar-refractivity contribution in [2.75, 3.05) is 26.9 Å². The predicted molar refractivity (Wildman–Crippen MR) is 62.5 cm³/mol. The lowest BCUT2D eigenvalue weighted by atomic mass is 10.1. The molecule has 0 saturated carbocycles. The van der Waals surface area contributed by atoms with Crippen LogP contribution in [0.15, 0.2) is 12.2 Å². The van der Waals surface area contributed by atoms with Crippen molar-refractivity contribution in [2.45, 2.75) is 32.2 Å². The lowest BCUT2D eigenvalue weighted by Gasteiger charge is -2.15. The highest BCUT2D eigenvalue weighted by Crippen LogP contribution is 2.06. The minimum absolute atomic E-state index is 0.309. The third kappa shape index (κ3) is 9.87. The van der Waals surface area contributed by atoms with Crippen LogP contribution in [0.4, 0.5) is 0 Å². The van der Waals surface area contributed by atoms with Crippen molar-refractivity contribution in [1.29, 1.82) is 0 Å². The molecule has 1 atom stereocenters. The van der Waals surface area contributed by atoms with Gasteiger partial charge in [0, 0.05) is 19.8 Å². The van der Waals surface area contributed by atoms with Crippen molar-refractivity contribution in [3.8, 4) is 0 Å². The Hall–Kier alpha value is -0.420. The number of ether oxygens (including phenoxy) is 2. The fourth-order valence-corrected chi connectivity index (χ4v) is 1.20. The van der Waals surface area contributed by atoms with Crippen LogP contribution in [-0.2, 0) is 9.47 Å². The summed E-state index contributed by atoms with van der Waals surface area (Å²) in [5, 5.41) is 0. The molecule has 0 aliphatic carbocycles. The van der Waals surface area contributed by atoms with Crippen molar-refractivity contribution in [3.05, 3.63) is 12.2 Å². The number of nitrogens with one attached hydrogen (secondary N) is 1. The second kappa shape index (κ2) is 10.1. The molecule has 4 nitrogen and oxygen atoms in total. The van der Waals surface area contributed by atoms with Crippen LogP contribution >= 0.6 is 0 Å². The molecule has 0 rings (SSSR count). The molecule has 90 valence electrons. The SMILES string of the molecule is C=C(C)CCC(CCOCCOC)NN. The summed E-state index contributed by atoms with van der Waals surface area (Å²) in [6.07, 6.45) is 2.94. The quantitative estimate of drug-likeness (QED) is 0.249. The van der Waals surface area contributed by atoms with Gasteiger partial charge >= 0.3 is 0 Å². The normalized spacial score (nSPS) is 12.7. The Kier molecular flexibility index (Phi) is 9.83. The van der Waals surface area contributed by atoms with Gasteiger partial charge in [-0.3, -0.25) is 11.3 Å². The maximum absolute atomic E-state index is 5.44. The third-order valence-corrected chi connectivity index (χ3v) is 2.20. The first-order valence-corrected chi connectivity index (χ1v) is 5.38. The first kappa shape index (κ1) is 14.6. The fourth-order valence-electron chi connectivity index (χ4n) is 1.20. The summed E-state index contributed by atoms with van der Waals surface area (Å²) in [4.78, 5) is 0. The van der Waals surface area contributed by atoms with Gasteiger partial charge in [-0.2, -0.15) is 0 Å². The summed E-state index contributed by atoms with van der Waals surface area (Å²) >= 11 is 0. The van der Waals surface area contributed by atoms with Crippen molar-refractivity contribution < 1.29 is 9.47 Å². The average molecular weight is 216 g/mol. The van der Waals surface area contributed by atoms with Gasteiger partial charge < -0.3 is 9.47 Å². The maximum atomic E-state index is 5.44. The summed E-state index contributed by atoms with van der Waals surface area (Å²) < 4.78 is 10.2. The molecule has 0 aromatic carbocycles. The number of hydrogen-bond donors (Lipinski definition) is 2. The van der Waals surface area contributed by atoms with E-state index in [-0.39, 0.29) is 0 Å². The molecule has 0 amide bonds. The van der Waals surface area contributed by atoms with Crippen LogP contribution in [0.1, 0.15) is 26.2 Å². The topological polar surface area (TPSA) is 56.5 Å². The van der Waals surface area contributed by atoms with Gasteiger partial charge in [0.25, 0.3) is 0 Å². The van der Waals surface area contributed by atoms with Gasteiger partial charge in [-0.15, -0.1) is 6.58 Å². The van der Waals surface area contributed by atoms with E-state index in [0.717, 1.165) is 19.3 Å². The van der Waals surface area contributed by atoms with Gasteiger partial charge in [0.1, 0.15) is 0 Å². The maximum Gasteiger partial charge on any atom is 0.0700 e. The molecule has 0 spiro atoms. The van der Waals surface area contributed by atoms with E-state index in [9.17, 15) is 0 Å². The molecule has 0 radical (unpaired) electrons. The standard InChI is InChI=1S/C11H24N2O2/c1-10(2)4-5-11(13-12)6-7-15-9-8-14-3/h11,13H,1,4-9,12H2,2-3H3. The van der Waals surface area contributed by atoms with Crippen LogP contribution in [0.2, 0.25) is 0 Å². The molecular weight excluding hydrogens is 192 g/mol. The molecule has 0 bridgehead atoms. The van der Waals surface area contributed by atoms with E-state index in [4.69, 9.17) is 15.3 Å². The number of allylic oxidation sites excluding steroid dienone is 1. The minimum Gasteiger partial charge on any atom is -0.382 e. The molecule has 1 unspecified atom stereocenters. The molecule has 0 aromatic rings. The molecular formula is C11H24N2O2. The summed E-state index contributed by atoms with van der Waals surface area (Å²) in [7, 11) is 1.67. The van der Waals surface area contributed by atoms with Crippen molar-refractivity contribution >= 4 is 0 Å². The summed E-state index contributed by atoms with van der Waals surface area (Å²) in [6, 6.07) is 0.309. The van der Waals surface area contributed by atoms with Crippen LogP contribution in [0.5, 0.6) is 0 Å². The molecule has 4 heteroatoms. The number of nitrogens with two attached hydrogens (primary N) is 1. The van der Waals surface area contributed by atoms with Crippen molar-refractivity contribution in [2.24, 2.45) is 5.84 Å². The number of methoxy groups -OCH3 is 1. The molecule has 0 heterocycles. The van der Waals surface area contributed by atoms with Gasteiger partial charge in [-0.05, 0) is 26.2 Å². The zero-order valence-corrected chi connectivity index (χ0v) is 9.92. The fraction of sp³-hybridized carbons (Fsp3) is 0.818. The van der Waals surface area contributed by atoms with Crippen LogP contribution in [0.25, 0.3) is 0 Å². The second-order valence-corrected chi connectivity index (χ2v) is 3.75. The number of hydrazine groups is 1. The van der Waals surface area contributed by atoms with E-state index >= 15 is 0 Å². The number of hydrogen-bond acceptors (Lipinski definition) is 4. The first-order chi connectivity index (χ1) is 7.20. The van der Waals surface area contributed by atoms with Crippen molar-refractivity contribution in [1.82, 2.24) is 5.43 Å². The van der Waals surface area contributed by atoms with Gasteiger partial charge in [-0.1, -0.05) is 5.57 Å². The second-order valence-electron chi connectivity index (χ2n) is 3.75. The van der Waals surface area contributed by atoms with Crippen LogP contribution in [0.3, 0.4) is 0 Å². The highest BCUT2D eigenvalue weighted by atomic mass is 16.5. The lowest BCUT2D eigenvalue weighted by molar-refractivity contribution is 0.0654. The van der Waals surface area contributed by atoms with E-state index in [2.05, 4.69) is 12.0 Å². The van der Waals surface area contributed by atoms with Gasteiger partial charge in [0.2, 0.25) is 0 Å². The van der Waals surface area contributed by atoms with E-state index in [1.54, 1.807) is 7.11 Å². The van der Waals surface area contributed by atoms with Crippen molar-refractivity contribution in [3.63, 3.8) is 0 Å². The predicted octanol–water partition coefficient (Wildman–Crippen LogP) is 1.23. The Morgan fingerprint density at radius 2 is 2.07 bits per heavy atom. The Balaban J connectivity index is 3.40. The Bertz CT molecular complexity index is 163. The molecule has 3 N–H and O–H groups in total. The van der Waals surface area contributed by atoms with Crippen LogP contribution in [0, 0.1) is 0 Å². The zero-order valence-electron chi connectivity index (χ0n) is 9.92. The monoisotopic (exact) mass is 216 g/mol. The average Bonchev–Trinajstić information content (AvgIpc) is 2.22. The van der Waals surface area contributed by atoms with Crippen LogP contribution in [-0.4, -0.2) is 33.0 Å². The zero-order chi connectivity index (χ0) is 11.5. The Morgan fingerprint density at radius 3 is 2.60 bits per heavy atom. The molecule has 0 fully saturated rings. The molecule has 0 saturated heterocycles. The number of rotatable bonds is 10. The molecule has 15 heavy (non-hydrogen) atoms. The summed E-state index contributed by atoms with van der Waals surface area (Å²) in [5.74, 6) is 5.44. The highest BCUT2D eigenvalue weighted by Gasteiger charge is 2.05. The van der Waals surface area contributed by atoms with Crippen LogP contribution < -0.4 is 11.3 Å². The minimum atomic E-state index is 0.309. The van der Waals surface area contributed by atoms with Gasteiger partial charge in [0.15, 0.2) is 0 Å². The highest BCUT2D eigenvalue weighted by molar-refractivity contribution is 4.88. The largest absolute Gasteiger partial charge is 0.382 e. The Labute approximate surface area is 92.8 Å². The molecule has 0 aliphatic heterocycles. The molecule has 0 aliphatic rings. The first-order valence-electron chi connectivity index (χ1n) is 5.38. The lowest BCUT2D eigenvalue weighted by Crippen LogP contribution is -2.36. The smallest absolute Gasteiger partial charge is 0.0700 e. The molecule has 0 aromatic heterocycles. The van der Waals surface area contributed by atoms with E-state index in [0.29, 0.717) is 25.9 Å². The summed E-state index contributed by atoms with van der Waals surface area (Å²) in [6.45, 7) is 7.91. The Morgan fingerprint density at radius 1 is 1.33 bits per heavy atom. The van der Waals surface area contributed by atoms with E-state index < -0.39 is 0 Å². The van der Waals surface area contributed by atoms with Gasteiger partial charge in [-0.25, -0.2) is 0 Å². The third-order valence-electron chi connectivity index (χ3n) is 2.20. The summed E-state index contributed by atoms with van der Waals surface area (Å²) in [5.41, 5.74) is 3.99. The van der Waals surface area contributed by atoms with Gasteiger partial charge in [0.05, 0.1) is 13.2 Å². The van der Waals surface area contributed by atoms with E-state index in [1.807, 2.05) is 6.92 Å². The van der Waals surface area contributed by atoms with E-state index in [1.165, 1.54) is 5.57 Å².